The predicted molar refractivity (Wildman–Crippen MR) is 53.7 cm³/mol. The van der Waals surface area contributed by atoms with Crippen molar-refractivity contribution < 1.29 is 14.7 Å². The van der Waals surface area contributed by atoms with Crippen LogP contribution in [0, 0.1) is 0 Å². The summed E-state index contributed by atoms with van der Waals surface area (Å²) in [7, 11) is 1.55. The summed E-state index contributed by atoms with van der Waals surface area (Å²) in [4.78, 5) is 26.7. The fourth-order valence-electron chi connectivity index (χ4n) is 0.955. The monoisotopic (exact) mass is 209 g/mol. The molecule has 0 bridgehead atoms. The maximum absolute atomic E-state index is 11.4. The van der Waals surface area contributed by atoms with E-state index < -0.39 is 18.5 Å². The third-order valence-corrected chi connectivity index (χ3v) is 1.75. The lowest BCUT2D eigenvalue weighted by Crippen LogP contribution is -2.39. The average molecular weight is 209 g/mol. The number of amides is 2. The van der Waals surface area contributed by atoms with E-state index >= 15 is 0 Å². The second-order valence-corrected chi connectivity index (χ2v) is 2.82. The number of nitrogens with one attached hydrogen (secondary N) is 1. The lowest BCUT2D eigenvalue weighted by Gasteiger charge is -2.16. The van der Waals surface area contributed by atoms with Gasteiger partial charge in [-0.15, -0.1) is 0 Å². The average Bonchev–Trinajstić information content (AvgIpc) is 2.26. The molecule has 6 nitrogen and oxygen atoms in total. The van der Waals surface area contributed by atoms with Crippen LogP contribution in [0.25, 0.3) is 0 Å². The minimum Gasteiger partial charge on any atom is -0.480 e. The van der Waals surface area contributed by atoms with Crippen molar-refractivity contribution in [2.45, 2.75) is 0 Å². The van der Waals surface area contributed by atoms with Crippen LogP contribution in [-0.2, 0) is 4.79 Å². The van der Waals surface area contributed by atoms with E-state index in [1.807, 2.05) is 0 Å². The minimum atomic E-state index is -1.08. The predicted octanol–water partition coefficient (Wildman–Crippen LogP) is 0.312. The lowest BCUT2D eigenvalue weighted by molar-refractivity contribution is -0.135. The first-order chi connectivity index (χ1) is 7.11. The summed E-state index contributed by atoms with van der Waals surface area (Å²) < 4.78 is 0. The van der Waals surface area contributed by atoms with Crippen molar-refractivity contribution in [1.29, 1.82) is 0 Å². The molecule has 0 aliphatic carbocycles. The SMILES string of the molecule is CN(C(=O)NCC(=O)O)c1ccncc1. The lowest BCUT2D eigenvalue weighted by atomic mass is 10.4. The first kappa shape index (κ1) is 11.0. The van der Waals surface area contributed by atoms with Gasteiger partial charge in [0.15, 0.2) is 0 Å². The fraction of sp³-hybridized carbons (Fsp3) is 0.222. The quantitative estimate of drug-likeness (QED) is 0.750. The van der Waals surface area contributed by atoms with Crippen molar-refractivity contribution in [2.75, 3.05) is 18.5 Å². The molecule has 0 aliphatic rings. The molecule has 2 amide bonds. The Morgan fingerprint density at radius 2 is 2.07 bits per heavy atom. The highest BCUT2D eigenvalue weighted by Gasteiger charge is 2.10. The molecule has 0 aliphatic heterocycles. The van der Waals surface area contributed by atoms with E-state index in [-0.39, 0.29) is 0 Å². The molecule has 0 aromatic carbocycles. The van der Waals surface area contributed by atoms with Crippen LogP contribution in [0.5, 0.6) is 0 Å². The molecule has 1 aromatic rings. The van der Waals surface area contributed by atoms with Gasteiger partial charge < -0.3 is 10.4 Å². The van der Waals surface area contributed by atoms with Crippen LogP contribution in [0.4, 0.5) is 10.5 Å². The molecule has 0 saturated carbocycles. The van der Waals surface area contributed by atoms with Crippen LogP contribution in [0.2, 0.25) is 0 Å². The first-order valence-electron chi connectivity index (χ1n) is 4.24. The maximum atomic E-state index is 11.4. The minimum absolute atomic E-state index is 0.395. The topological polar surface area (TPSA) is 82.5 Å². The third-order valence-electron chi connectivity index (χ3n) is 1.75. The van der Waals surface area contributed by atoms with Gasteiger partial charge in [-0.1, -0.05) is 0 Å². The number of carbonyl (C=O) groups is 2. The van der Waals surface area contributed by atoms with Crippen LogP contribution in [0.15, 0.2) is 24.5 Å². The number of pyridine rings is 1. The zero-order chi connectivity index (χ0) is 11.3. The number of hydrogen-bond acceptors (Lipinski definition) is 3. The van der Waals surface area contributed by atoms with Crippen LogP contribution >= 0.6 is 0 Å². The summed E-state index contributed by atoms with van der Waals surface area (Å²) in [6.45, 7) is -0.395. The second-order valence-electron chi connectivity index (χ2n) is 2.82. The van der Waals surface area contributed by atoms with E-state index in [1.165, 1.54) is 4.90 Å². The number of carbonyl (C=O) groups excluding carboxylic acids is 1. The Labute approximate surface area is 86.5 Å². The van der Waals surface area contributed by atoms with Crippen molar-refractivity contribution in [3.8, 4) is 0 Å². The molecule has 1 rings (SSSR count). The molecular weight excluding hydrogens is 198 g/mol. The van der Waals surface area contributed by atoms with Gasteiger partial charge in [0.2, 0.25) is 0 Å². The van der Waals surface area contributed by atoms with Gasteiger partial charge in [0.05, 0.1) is 0 Å². The number of nitrogens with zero attached hydrogens (tertiary/aromatic N) is 2. The number of aliphatic carboxylic acids is 1. The molecule has 6 heteroatoms. The number of hydrogen-bond donors (Lipinski definition) is 2. The number of urea groups is 1. The Morgan fingerprint density at radius 1 is 1.47 bits per heavy atom. The van der Waals surface area contributed by atoms with Crippen molar-refractivity contribution in [2.24, 2.45) is 0 Å². The van der Waals surface area contributed by atoms with Gasteiger partial charge in [-0.25, -0.2) is 4.79 Å². The van der Waals surface area contributed by atoms with Crippen LogP contribution in [-0.4, -0.2) is 35.7 Å². The Morgan fingerprint density at radius 3 is 2.60 bits per heavy atom. The van der Waals surface area contributed by atoms with Crippen LogP contribution < -0.4 is 10.2 Å². The molecule has 2 N–H and O–H groups in total. The van der Waals surface area contributed by atoms with Crippen molar-refractivity contribution in [3.63, 3.8) is 0 Å². The normalized spacial score (nSPS) is 9.40. The van der Waals surface area contributed by atoms with Gasteiger partial charge >= 0.3 is 12.0 Å². The summed E-state index contributed by atoms with van der Waals surface area (Å²) in [5, 5.41) is 10.6. The number of aromatic nitrogens is 1. The van der Waals surface area contributed by atoms with E-state index in [0.29, 0.717) is 5.69 Å². The molecule has 0 radical (unpaired) electrons. The van der Waals surface area contributed by atoms with Gasteiger partial charge in [-0.05, 0) is 12.1 Å². The molecule has 0 saturated heterocycles. The number of carboxylic acids is 1. The first-order valence-corrected chi connectivity index (χ1v) is 4.24. The third kappa shape index (κ3) is 3.26. The summed E-state index contributed by atoms with van der Waals surface area (Å²) in [5.74, 6) is -1.08. The highest BCUT2D eigenvalue weighted by molar-refractivity contribution is 5.92. The second kappa shape index (κ2) is 4.94. The number of rotatable bonds is 3. The largest absolute Gasteiger partial charge is 0.480 e. The number of carboxylic acid groups (broad SMARTS) is 1. The van der Waals surface area contributed by atoms with Crippen molar-refractivity contribution in [1.82, 2.24) is 10.3 Å². The molecular formula is C9H11N3O3. The molecule has 0 fully saturated rings. The fourth-order valence-corrected chi connectivity index (χ4v) is 0.955. The molecule has 1 heterocycles. The van der Waals surface area contributed by atoms with Crippen molar-refractivity contribution >= 4 is 17.7 Å². The summed E-state index contributed by atoms with van der Waals surface area (Å²) >= 11 is 0. The van der Waals surface area contributed by atoms with Gasteiger partial charge in [-0.3, -0.25) is 14.7 Å². The Balaban J connectivity index is 2.57. The van der Waals surface area contributed by atoms with Gasteiger partial charge in [0, 0.05) is 25.1 Å². The van der Waals surface area contributed by atoms with Gasteiger partial charge in [-0.2, -0.15) is 0 Å². The van der Waals surface area contributed by atoms with Crippen LogP contribution in [0.3, 0.4) is 0 Å². The van der Waals surface area contributed by atoms with Crippen molar-refractivity contribution in [3.05, 3.63) is 24.5 Å². The molecule has 15 heavy (non-hydrogen) atoms. The zero-order valence-electron chi connectivity index (χ0n) is 8.17. The zero-order valence-corrected chi connectivity index (χ0v) is 8.17. The Kier molecular flexibility index (Phi) is 3.61. The highest BCUT2D eigenvalue weighted by atomic mass is 16.4. The molecule has 1 aromatic heterocycles. The molecule has 0 spiro atoms. The molecule has 0 atom stereocenters. The van der Waals surface area contributed by atoms with E-state index in [4.69, 9.17) is 5.11 Å². The van der Waals surface area contributed by atoms with E-state index in [2.05, 4.69) is 10.3 Å². The standard InChI is InChI=1S/C9H11N3O3/c1-12(7-2-4-10-5-3-7)9(15)11-6-8(13)14/h2-5H,6H2,1H3,(H,11,15)(H,13,14). The van der Waals surface area contributed by atoms with E-state index in [0.717, 1.165) is 0 Å². The van der Waals surface area contributed by atoms with E-state index in [1.54, 1.807) is 31.6 Å². The smallest absolute Gasteiger partial charge is 0.323 e. The highest BCUT2D eigenvalue weighted by Crippen LogP contribution is 2.09. The Hall–Kier alpha value is -2.11. The van der Waals surface area contributed by atoms with Crippen LogP contribution in [0.1, 0.15) is 0 Å². The van der Waals surface area contributed by atoms with E-state index in [9.17, 15) is 9.59 Å². The maximum Gasteiger partial charge on any atom is 0.323 e. The molecule has 0 unspecified atom stereocenters. The summed E-state index contributed by atoms with van der Waals surface area (Å²) in [6.07, 6.45) is 3.10. The number of anilines is 1. The molecule has 80 valence electrons. The Bertz CT molecular complexity index is 353. The summed E-state index contributed by atoms with van der Waals surface area (Å²) in [5.41, 5.74) is 0.646. The van der Waals surface area contributed by atoms with Gasteiger partial charge in [0.25, 0.3) is 0 Å². The summed E-state index contributed by atoms with van der Waals surface area (Å²) in [6, 6.07) is 2.84. The van der Waals surface area contributed by atoms with Gasteiger partial charge in [0.1, 0.15) is 6.54 Å².